The van der Waals surface area contributed by atoms with E-state index in [1.807, 2.05) is 0 Å². The average Bonchev–Trinajstić information content (AvgIpc) is 2.80. The van der Waals surface area contributed by atoms with Gasteiger partial charge in [0, 0.05) is 25.5 Å². The summed E-state index contributed by atoms with van der Waals surface area (Å²) in [4.78, 5) is 41.6. The van der Waals surface area contributed by atoms with Crippen LogP contribution in [-0.2, 0) is 25.5 Å². The number of aromatic nitrogens is 1. The summed E-state index contributed by atoms with van der Waals surface area (Å²) < 4.78 is 76.1. The Labute approximate surface area is 227 Å². The lowest BCUT2D eigenvalue weighted by Crippen LogP contribution is -2.51. The molecule has 2 rings (SSSR count). The lowest BCUT2D eigenvalue weighted by Gasteiger charge is -2.33. The van der Waals surface area contributed by atoms with E-state index in [-0.39, 0.29) is 24.2 Å². The van der Waals surface area contributed by atoms with Crippen LogP contribution in [0, 0.1) is 11.8 Å². The SMILES string of the molecule is COC(=O)C(Cc1ccnc(NC(=O)[C@@H](NC(=O)OC(C)(C)C)C2CCC(F)(F)CC2)c1)CC(O)(O)C(F)(F)F. The predicted octanol–water partition coefficient (Wildman–Crippen LogP) is 3.70. The zero-order valence-corrected chi connectivity index (χ0v) is 22.5. The summed E-state index contributed by atoms with van der Waals surface area (Å²) in [6, 6.07) is 1.29. The maximum absolute atomic E-state index is 13.7. The number of carbonyl (C=O) groups is 3. The van der Waals surface area contributed by atoms with Crippen molar-refractivity contribution >= 4 is 23.8 Å². The number of hydrogen-bond donors (Lipinski definition) is 4. The van der Waals surface area contributed by atoms with Crippen LogP contribution in [0.25, 0.3) is 0 Å². The summed E-state index contributed by atoms with van der Waals surface area (Å²) >= 11 is 0. The zero-order valence-electron chi connectivity index (χ0n) is 22.5. The van der Waals surface area contributed by atoms with Gasteiger partial charge in [-0.3, -0.25) is 9.59 Å². The Morgan fingerprint density at radius 1 is 1.15 bits per heavy atom. The number of amides is 2. The molecule has 1 fully saturated rings. The van der Waals surface area contributed by atoms with Gasteiger partial charge in [-0.05, 0) is 63.6 Å². The fraction of sp³-hybridized carbons (Fsp3) is 0.680. The second-order valence-electron chi connectivity index (χ2n) is 10.8. The number of nitrogens with zero attached hydrogens (tertiary/aromatic N) is 1. The minimum atomic E-state index is -5.43. The van der Waals surface area contributed by atoms with Gasteiger partial charge in [-0.15, -0.1) is 0 Å². The number of pyridine rings is 1. The number of ether oxygens (including phenoxy) is 2. The second kappa shape index (κ2) is 12.6. The Bertz CT molecular complexity index is 1050. The molecule has 226 valence electrons. The maximum atomic E-state index is 13.7. The van der Waals surface area contributed by atoms with Crippen molar-refractivity contribution in [1.29, 1.82) is 0 Å². The van der Waals surface area contributed by atoms with E-state index in [2.05, 4.69) is 20.4 Å². The number of alkyl carbamates (subject to hydrolysis) is 1. The molecule has 1 aliphatic carbocycles. The smallest absolute Gasteiger partial charge is 0.442 e. The highest BCUT2D eigenvalue weighted by atomic mass is 19.4. The van der Waals surface area contributed by atoms with Crippen LogP contribution in [0.2, 0.25) is 0 Å². The molecule has 4 N–H and O–H groups in total. The molecule has 15 heteroatoms. The number of hydrogen-bond acceptors (Lipinski definition) is 8. The highest BCUT2D eigenvalue weighted by molar-refractivity contribution is 5.96. The van der Waals surface area contributed by atoms with Crippen LogP contribution in [0.4, 0.5) is 32.6 Å². The highest BCUT2D eigenvalue weighted by Crippen LogP contribution is 2.38. The summed E-state index contributed by atoms with van der Waals surface area (Å²) in [7, 11) is 0.927. The molecule has 0 aromatic carbocycles. The number of esters is 1. The molecule has 1 unspecified atom stereocenters. The van der Waals surface area contributed by atoms with Crippen LogP contribution in [0.5, 0.6) is 0 Å². The van der Waals surface area contributed by atoms with Gasteiger partial charge in [-0.25, -0.2) is 18.6 Å². The number of methoxy groups -OCH3 is 1. The van der Waals surface area contributed by atoms with Gasteiger partial charge in [0.1, 0.15) is 17.5 Å². The molecule has 2 amide bonds. The fourth-order valence-electron chi connectivity index (χ4n) is 4.25. The third kappa shape index (κ3) is 9.84. The van der Waals surface area contributed by atoms with E-state index in [9.17, 15) is 46.5 Å². The number of alkyl halides is 5. The van der Waals surface area contributed by atoms with Crippen molar-refractivity contribution in [3.8, 4) is 0 Å². The summed E-state index contributed by atoms with van der Waals surface area (Å²) in [5.74, 6) is -11.4. The molecule has 40 heavy (non-hydrogen) atoms. The van der Waals surface area contributed by atoms with Crippen molar-refractivity contribution < 1.29 is 56.0 Å². The van der Waals surface area contributed by atoms with Gasteiger partial charge >= 0.3 is 18.2 Å². The summed E-state index contributed by atoms with van der Waals surface area (Å²) in [5, 5.41) is 23.8. The average molecular weight is 584 g/mol. The van der Waals surface area contributed by atoms with E-state index in [4.69, 9.17) is 4.74 Å². The maximum Gasteiger partial charge on any atom is 0.442 e. The standard InChI is InChI=1S/C25H34F5N3O7/c1-22(2,3)40-21(36)33-18(15-5-8-23(26,27)9-6-15)19(34)32-17-12-14(7-10-31-17)11-16(20(35)39-4)13-24(37,38)25(28,29)30/h7,10,12,15-16,18,37-38H,5-6,8-9,11,13H2,1-4H3,(H,33,36)(H,31,32,34)/t16?,18-/m0/s1. The van der Waals surface area contributed by atoms with Crippen LogP contribution < -0.4 is 10.6 Å². The van der Waals surface area contributed by atoms with Gasteiger partial charge in [0.25, 0.3) is 5.79 Å². The normalized spacial score (nSPS) is 17.9. The van der Waals surface area contributed by atoms with Crippen molar-refractivity contribution in [1.82, 2.24) is 10.3 Å². The van der Waals surface area contributed by atoms with Crippen molar-refractivity contribution in [3.05, 3.63) is 23.9 Å². The molecule has 0 spiro atoms. The first-order valence-corrected chi connectivity index (χ1v) is 12.5. The van der Waals surface area contributed by atoms with E-state index in [0.29, 0.717) is 0 Å². The van der Waals surface area contributed by atoms with Crippen LogP contribution in [0.1, 0.15) is 58.4 Å². The minimum Gasteiger partial charge on any atom is -0.469 e. The number of anilines is 1. The Morgan fingerprint density at radius 3 is 2.27 bits per heavy atom. The molecule has 10 nitrogen and oxygen atoms in total. The lowest BCUT2D eigenvalue weighted by molar-refractivity contribution is -0.353. The summed E-state index contributed by atoms with van der Waals surface area (Å²) in [6.07, 6.45) is -8.10. The van der Waals surface area contributed by atoms with Crippen LogP contribution >= 0.6 is 0 Å². The summed E-state index contributed by atoms with van der Waals surface area (Å²) in [6.45, 7) is 4.81. The quantitative estimate of drug-likeness (QED) is 0.196. The molecule has 1 aromatic heterocycles. The van der Waals surface area contributed by atoms with E-state index >= 15 is 0 Å². The first-order chi connectivity index (χ1) is 18.2. The zero-order chi connectivity index (χ0) is 30.5. The number of nitrogens with one attached hydrogen (secondary N) is 2. The Kier molecular flexibility index (Phi) is 10.5. The predicted molar refractivity (Wildman–Crippen MR) is 130 cm³/mol. The highest BCUT2D eigenvalue weighted by Gasteiger charge is 2.54. The van der Waals surface area contributed by atoms with Crippen LogP contribution in [0.15, 0.2) is 18.3 Å². The topological polar surface area (TPSA) is 147 Å². The van der Waals surface area contributed by atoms with Crippen molar-refractivity contribution in [3.63, 3.8) is 0 Å². The molecule has 1 aliphatic rings. The van der Waals surface area contributed by atoms with Crippen molar-refractivity contribution in [2.75, 3.05) is 12.4 Å². The molecular weight excluding hydrogens is 549 g/mol. The number of carbonyl (C=O) groups excluding carboxylic acids is 3. The summed E-state index contributed by atoms with van der Waals surface area (Å²) in [5.41, 5.74) is -0.712. The van der Waals surface area contributed by atoms with Gasteiger partial charge < -0.3 is 30.3 Å². The van der Waals surface area contributed by atoms with E-state index in [1.54, 1.807) is 20.8 Å². The Morgan fingerprint density at radius 2 is 1.75 bits per heavy atom. The van der Waals surface area contributed by atoms with Crippen LogP contribution in [0.3, 0.4) is 0 Å². The first-order valence-electron chi connectivity index (χ1n) is 12.5. The van der Waals surface area contributed by atoms with Crippen molar-refractivity contribution in [2.45, 2.75) is 88.8 Å². The molecule has 1 aromatic rings. The molecule has 0 aliphatic heterocycles. The van der Waals surface area contributed by atoms with Crippen LogP contribution in [-0.4, -0.2) is 69.8 Å². The third-order valence-corrected chi connectivity index (χ3v) is 6.27. The van der Waals surface area contributed by atoms with Gasteiger partial charge in [0.2, 0.25) is 11.8 Å². The Hall–Kier alpha value is -3.07. The molecule has 2 atom stereocenters. The third-order valence-electron chi connectivity index (χ3n) is 6.27. The Balaban J connectivity index is 2.23. The minimum absolute atomic E-state index is 0.0571. The molecule has 1 heterocycles. The molecule has 0 saturated heterocycles. The molecule has 1 saturated carbocycles. The van der Waals surface area contributed by atoms with E-state index < -0.39 is 85.0 Å². The second-order valence-corrected chi connectivity index (χ2v) is 10.8. The van der Waals surface area contributed by atoms with E-state index in [1.165, 1.54) is 18.3 Å². The van der Waals surface area contributed by atoms with Crippen molar-refractivity contribution in [2.24, 2.45) is 11.8 Å². The van der Waals surface area contributed by atoms with Gasteiger partial charge in [-0.1, -0.05) is 0 Å². The molecule has 0 bridgehead atoms. The fourth-order valence-corrected chi connectivity index (χ4v) is 4.25. The van der Waals surface area contributed by atoms with Gasteiger partial charge in [-0.2, -0.15) is 13.2 Å². The molecular formula is C25H34F5N3O7. The lowest BCUT2D eigenvalue weighted by atomic mass is 9.81. The van der Waals surface area contributed by atoms with Gasteiger partial charge in [0.05, 0.1) is 13.0 Å². The first kappa shape index (κ1) is 33.1. The van der Waals surface area contributed by atoms with Gasteiger partial charge in [0.15, 0.2) is 0 Å². The number of rotatable bonds is 9. The monoisotopic (exact) mass is 583 g/mol. The largest absolute Gasteiger partial charge is 0.469 e. The number of aliphatic hydroxyl groups is 2. The molecule has 0 radical (unpaired) electrons. The van der Waals surface area contributed by atoms with E-state index in [0.717, 1.165) is 7.11 Å². The number of halogens is 5.